The summed E-state index contributed by atoms with van der Waals surface area (Å²) in [6.07, 6.45) is 1.07. The Morgan fingerprint density at radius 3 is 2.18 bits per heavy atom. The van der Waals surface area contributed by atoms with Crippen molar-refractivity contribution < 1.29 is 9.53 Å². The van der Waals surface area contributed by atoms with E-state index in [-0.39, 0.29) is 11.8 Å². The van der Waals surface area contributed by atoms with Crippen LogP contribution < -0.4 is 10.1 Å². The maximum Gasteiger partial charge on any atom is 0.224 e. The van der Waals surface area contributed by atoms with Crippen molar-refractivity contribution >= 4 is 11.6 Å². The Balaban J connectivity index is 1.50. The number of rotatable bonds is 8. The van der Waals surface area contributed by atoms with Crippen LogP contribution in [0, 0.1) is 11.3 Å². The first-order valence-corrected chi connectivity index (χ1v) is 10.9. The molecule has 4 rings (SSSR count). The fourth-order valence-corrected chi connectivity index (χ4v) is 3.74. The van der Waals surface area contributed by atoms with Gasteiger partial charge in [0, 0.05) is 12.1 Å². The van der Waals surface area contributed by atoms with Crippen molar-refractivity contribution in [2.24, 2.45) is 0 Å². The van der Waals surface area contributed by atoms with Crippen LogP contribution in [0.15, 0.2) is 109 Å². The highest BCUT2D eigenvalue weighted by molar-refractivity contribution is 5.91. The molecule has 4 aromatic carbocycles. The normalized spacial score (nSPS) is 11.2. The van der Waals surface area contributed by atoms with Crippen LogP contribution in [0.25, 0.3) is 0 Å². The lowest BCUT2D eigenvalue weighted by Gasteiger charge is -2.18. The van der Waals surface area contributed by atoms with Crippen LogP contribution in [0.5, 0.6) is 11.5 Å². The van der Waals surface area contributed by atoms with Gasteiger partial charge in [0.1, 0.15) is 11.5 Å². The number of para-hydroxylation sites is 1. The van der Waals surface area contributed by atoms with Gasteiger partial charge in [-0.2, -0.15) is 5.26 Å². The minimum absolute atomic E-state index is 0.00248. The number of carbonyl (C=O) groups is 1. The second kappa shape index (κ2) is 10.8. The molecule has 1 amide bonds. The lowest BCUT2D eigenvalue weighted by Crippen LogP contribution is -2.17. The summed E-state index contributed by atoms with van der Waals surface area (Å²) in [5.74, 6) is 1.44. The Kier molecular flexibility index (Phi) is 7.15. The molecular formula is C29H24N2O2. The predicted molar refractivity (Wildman–Crippen MR) is 130 cm³/mol. The van der Waals surface area contributed by atoms with E-state index >= 15 is 0 Å². The average molecular weight is 433 g/mol. The zero-order chi connectivity index (χ0) is 22.9. The average Bonchev–Trinajstić information content (AvgIpc) is 2.85. The third-order valence-electron chi connectivity index (χ3n) is 5.36. The van der Waals surface area contributed by atoms with Gasteiger partial charge in [0.15, 0.2) is 0 Å². The maximum atomic E-state index is 12.9. The summed E-state index contributed by atoms with van der Waals surface area (Å²) in [6.45, 7) is 0. The first kappa shape index (κ1) is 21.9. The van der Waals surface area contributed by atoms with Gasteiger partial charge in [0.25, 0.3) is 0 Å². The molecule has 1 unspecified atom stereocenters. The topological polar surface area (TPSA) is 62.1 Å². The molecule has 1 N–H and O–H groups in total. The number of nitriles is 1. The third-order valence-corrected chi connectivity index (χ3v) is 5.36. The molecule has 33 heavy (non-hydrogen) atoms. The van der Waals surface area contributed by atoms with Crippen LogP contribution in [0.1, 0.15) is 29.0 Å². The summed E-state index contributed by atoms with van der Waals surface area (Å²) in [4.78, 5) is 12.9. The summed E-state index contributed by atoms with van der Waals surface area (Å²) in [5.41, 5.74) is 3.39. The van der Waals surface area contributed by atoms with Crippen LogP contribution in [-0.2, 0) is 11.2 Å². The second-order valence-corrected chi connectivity index (χ2v) is 7.82. The zero-order valence-electron chi connectivity index (χ0n) is 18.1. The summed E-state index contributed by atoms with van der Waals surface area (Å²) in [6, 6.07) is 36.8. The number of nitrogens with zero attached hydrogens (tertiary/aromatic N) is 1. The quantitative estimate of drug-likeness (QED) is 0.337. The lowest BCUT2D eigenvalue weighted by atomic mass is 9.89. The molecule has 0 radical (unpaired) electrons. The van der Waals surface area contributed by atoms with Gasteiger partial charge >= 0.3 is 0 Å². The second-order valence-electron chi connectivity index (χ2n) is 7.82. The number of anilines is 1. The highest BCUT2D eigenvalue weighted by Gasteiger charge is 2.18. The highest BCUT2D eigenvalue weighted by Crippen LogP contribution is 2.28. The Labute approximate surface area is 194 Å². The minimum Gasteiger partial charge on any atom is -0.457 e. The van der Waals surface area contributed by atoms with E-state index in [1.165, 1.54) is 5.56 Å². The molecule has 0 aliphatic heterocycles. The van der Waals surface area contributed by atoms with Gasteiger partial charge in [-0.25, -0.2) is 0 Å². The Morgan fingerprint density at radius 2 is 1.48 bits per heavy atom. The molecule has 0 saturated carbocycles. The fraction of sp³-hybridized carbons (Fsp3) is 0.103. The van der Waals surface area contributed by atoms with E-state index in [1.54, 1.807) is 24.3 Å². The van der Waals surface area contributed by atoms with Crippen molar-refractivity contribution in [1.29, 1.82) is 5.26 Å². The van der Waals surface area contributed by atoms with Crippen molar-refractivity contribution in [3.05, 3.63) is 126 Å². The summed E-state index contributed by atoms with van der Waals surface area (Å²) in [7, 11) is 0. The Morgan fingerprint density at radius 1 is 0.818 bits per heavy atom. The van der Waals surface area contributed by atoms with E-state index in [0.717, 1.165) is 23.5 Å². The van der Waals surface area contributed by atoms with Crippen molar-refractivity contribution in [2.45, 2.75) is 18.8 Å². The van der Waals surface area contributed by atoms with Gasteiger partial charge in [0.05, 0.1) is 11.6 Å². The van der Waals surface area contributed by atoms with Crippen LogP contribution in [0.4, 0.5) is 5.69 Å². The predicted octanol–water partition coefficient (Wildman–Crippen LogP) is 6.71. The molecule has 0 aliphatic carbocycles. The van der Waals surface area contributed by atoms with Crippen LogP contribution in [0.3, 0.4) is 0 Å². The Hall–Kier alpha value is -4.36. The Bertz CT molecular complexity index is 1230. The van der Waals surface area contributed by atoms with E-state index in [9.17, 15) is 4.79 Å². The van der Waals surface area contributed by atoms with Crippen LogP contribution in [-0.4, -0.2) is 5.91 Å². The van der Waals surface area contributed by atoms with E-state index in [4.69, 9.17) is 10.00 Å². The fourth-order valence-electron chi connectivity index (χ4n) is 3.74. The molecule has 0 heterocycles. The molecule has 1 atom stereocenters. The molecular weight excluding hydrogens is 408 g/mol. The molecule has 162 valence electrons. The van der Waals surface area contributed by atoms with E-state index in [0.29, 0.717) is 17.7 Å². The number of hydrogen-bond donors (Lipinski definition) is 1. The summed E-state index contributed by atoms with van der Waals surface area (Å²) >= 11 is 0. The number of ether oxygens (including phenoxy) is 1. The van der Waals surface area contributed by atoms with E-state index < -0.39 is 0 Å². The molecule has 0 spiro atoms. The highest BCUT2D eigenvalue weighted by atomic mass is 16.5. The van der Waals surface area contributed by atoms with Gasteiger partial charge < -0.3 is 10.1 Å². The molecule has 0 aromatic heterocycles. The molecule has 0 bridgehead atoms. The van der Waals surface area contributed by atoms with Crippen molar-refractivity contribution in [1.82, 2.24) is 0 Å². The van der Waals surface area contributed by atoms with E-state index in [1.807, 2.05) is 72.8 Å². The molecule has 4 aromatic rings. The van der Waals surface area contributed by atoms with Crippen LogP contribution >= 0.6 is 0 Å². The smallest absolute Gasteiger partial charge is 0.224 e. The van der Waals surface area contributed by atoms with E-state index in [2.05, 4.69) is 23.5 Å². The molecule has 0 aliphatic rings. The van der Waals surface area contributed by atoms with Crippen molar-refractivity contribution in [3.63, 3.8) is 0 Å². The van der Waals surface area contributed by atoms with Gasteiger partial charge in [-0.3, -0.25) is 4.79 Å². The third kappa shape index (κ3) is 6.32. The SMILES string of the molecule is N#Cc1cccc(NC(=O)CC(Cc2ccccc2)c2ccc(Oc3ccccc3)cc2)c1. The van der Waals surface area contributed by atoms with Gasteiger partial charge in [-0.05, 0) is 65.9 Å². The van der Waals surface area contributed by atoms with Crippen LogP contribution in [0.2, 0.25) is 0 Å². The first-order valence-electron chi connectivity index (χ1n) is 10.9. The van der Waals surface area contributed by atoms with Gasteiger partial charge in [0.2, 0.25) is 5.91 Å². The number of carbonyl (C=O) groups excluding carboxylic acids is 1. The van der Waals surface area contributed by atoms with Crippen molar-refractivity contribution in [3.8, 4) is 17.6 Å². The van der Waals surface area contributed by atoms with Gasteiger partial charge in [-0.1, -0.05) is 66.7 Å². The minimum atomic E-state index is -0.0874. The number of benzene rings is 4. The summed E-state index contributed by atoms with van der Waals surface area (Å²) < 4.78 is 5.91. The first-order chi connectivity index (χ1) is 16.2. The maximum absolute atomic E-state index is 12.9. The molecule has 0 saturated heterocycles. The molecule has 0 fully saturated rings. The molecule has 4 heteroatoms. The van der Waals surface area contributed by atoms with Crippen molar-refractivity contribution in [2.75, 3.05) is 5.32 Å². The zero-order valence-corrected chi connectivity index (χ0v) is 18.1. The number of nitrogens with one attached hydrogen (secondary N) is 1. The largest absolute Gasteiger partial charge is 0.457 e. The number of hydrogen-bond acceptors (Lipinski definition) is 3. The monoisotopic (exact) mass is 432 g/mol. The summed E-state index contributed by atoms with van der Waals surface area (Å²) in [5, 5.41) is 12.0. The number of amides is 1. The molecule has 4 nitrogen and oxygen atoms in total. The van der Waals surface area contributed by atoms with Gasteiger partial charge in [-0.15, -0.1) is 0 Å². The lowest BCUT2D eigenvalue weighted by molar-refractivity contribution is -0.116. The standard InChI is InChI=1S/C29H24N2O2/c30-21-23-10-7-11-26(19-23)31-29(32)20-25(18-22-8-3-1-4-9-22)24-14-16-28(17-15-24)33-27-12-5-2-6-13-27/h1-17,19,25H,18,20H2,(H,31,32).